The van der Waals surface area contributed by atoms with Crippen molar-refractivity contribution in [2.75, 3.05) is 18.5 Å². The Kier molecular flexibility index (Phi) is 33.6. The summed E-state index contributed by atoms with van der Waals surface area (Å²) in [5, 5.41) is 29.2. The van der Waals surface area contributed by atoms with Crippen molar-refractivity contribution in [2.45, 2.75) is 64.2 Å². The molecule has 0 aliphatic heterocycles. The molecule has 0 unspecified atom stereocenters. The summed E-state index contributed by atoms with van der Waals surface area (Å²) in [5.74, 6) is 2.35. The summed E-state index contributed by atoms with van der Waals surface area (Å²) in [6, 6.07) is 24.2. The van der Waals surface area contributed by atoms with Gasteiger partial charge in [0.1, 0.15) is 36.2 Å². The molecule has 0 radical (unpaired) electrons. The molecule has 0 aliphatic carbocycles. The Morgan fingerprint density at radius 3 is 1.08 bits per heavy atom. The molecular formula is C52H63BrK2O7. The van der Waals surface area contributed by atoms with Crippen molar-refractivity contribution >= 4 is 22.4 Å². The molecule has 0 saturated heterocycles. The van der Waals surface area contributed by atoms with Crippen LogP contribution in [0.25, 0.3) is 0 Å². The maximum atomic E-state index is 9.96. The Bertz CT molecular complexity index is 1900. The normalized spacial score (nSPS) is 9.97. The molecule has 0 fully saturated rings. The van der Waals surface area contributed by atoms with E-state index in [4.69, 9.17) is 19.5 Å². The van der Waals surface area contributed by atoms with Crippen LogP contribution in [0, 0.1) is 0 Å². The molecular weight excluding hydrogens is 895 g/mol. The zero-order valence-corrected chi connectivity index (χ0v) is 45.6. The van der Waals surface area contributed by atoms with Crippen LogP contribution in [0.3, 0.4) is 0 Å². The minimum absolute atomic E-state index is 0. The molecule has 322 valence electrons. The van der Waals surface area contributed by atoms with Crippen LogP contribution in [0.15, 0.2) is 161 Å². The third-order valence-electron chi connectivity index (χ3n) is 9.49. The molecule has 4 aromatic carbocycles. The number of rotatable bonds is 20. The Hall–Kier alpha value is -2.56. The van der Waals surface area contributed by atoms with Gasteiger partial charge < -0.3 is 31.3 Å². The second-order valence-electron chi connectivity index (χ2n) is 14.4. The van der Waals surface area contributed by atoms with E-state index in [-0.39, 0.29) is 121 Å². The average molecular weight is 958 g/mol. The molecule has 0 atom stereocenters. The van der Waals surface area contributed by atoms with Gasteiger partial charge >= 0.3 is 103 Å². The summed E-state index contributed by atoms with van der Waals surface area (Å²) in [6.07, 6.45) is 15.5. The van der Waals surface area contributed by atoms with Crippen molar-refractivity contribution in [3.63, 3.8) is 0 Å². The van der Waals surface area contributed by atoms with Crippen molar-refractivity contribution < 1.29 is 139 Å². The van der Waals surface area contributed by atoms with Crippen LogP contribution in [0.5, 0.6) is 23.0 Å². The topological polar surface area (TPSA) is 108 Å². The Labute approximate surface area is 466 Å². The molecule has 4 aromatic rings. The number of ether oxygens (including phenoxy) is 2. The summed E-state index contributed by atoms with van der Waals surface area (Å²) >= 11 is 3.13. The Balaban J connectivity index is -0.000000950. The van der Waals surface area contributed by atoms with E-state index < -0.39 is 0 Å². The van der Waals surface area contributed by atoms with E-state index in [1.54, 1.807) is 42.5 Å². The first kappa shape index (κ1) is 61.5. The predicted molar refractivity (Wildman–Crippen MR) is 253 cm³/mol. The van der Waals surface area contributed by atoms with Crippen LogP contribution < -0.4 is 118 Å². The number of allylic oxidation sites excluding steroid dienone is 5. The predicted octanol–water partition coefficient (Wildman–Crippen LogP) is 5.60. The maximum Gasteiger partial charge on any atom is 1.00 e. The summed E-state index contributed by atoms with van der Waals surface area (Å²) in [6.45, 7) is 35.7. The third kappa shape index (κ3) is 20.1. The van der Waals surface area contributed by atoms with Gasteiger partial charge in [-0.25, -0.2) is 0 Å². The monoisotopic (exact) mass is 956 g/mol. The third-order valence-corrected chi connectivity index (χ3v) is 9.94. The quantitative estimate of drug-likeness (QED) is 0.0297. The molecule has 0 aromatic heterocycles. The van der Waals surface area contributed by atoms with Gasteiger partial charge in [-0.3, -0.25) is 4.79 Å². The Morgan fingerprint density at radius 2 is 0.823 bits per heavy atom. The molecule has 7 nitrogen and oxygen atoms in total. The smallest absolute Gasteiger partial charge is 1.00 e. The second-order valence-corrected chi connectivity index (χ2v) is 15.0. The molecule has 0 amide bonds. The molecule has 10 heteroatoms. The van der Waals surface area contributed by atoms with Gasteiger partial charge in [-0.15, -0.1) is 32.9 Å². The first-order valence-electron chi connectivity index (χ1n) is 19.4. The zero-order chi connectivity index (χ0) is 45.1. The van der Waals surface area contributed by atoms with Crippen molar-refractivity contribution in [3.8, 4) is 23.0 Å². The Morgan fingerprint density at radius 1 is 0.548 bits per heavy atom. The first-order valence-corrected chi connectivity index (χ1v) is 20.5. The number of phenols is 2. The number of halogens is 1. The molecule has 4 rings (SSSR count). The van der Waals surface area contributed by atoms with Crippen LogP contribution in [0.2, 0.25) is 0 Å². The fourth-order valence-electron chi connectivity index (χ4n) is 6.07. The fourth-order valence-corrected chi connectivity index (χ4v) is 6.07. The first-order chi connectivity index (χ1) is 28.7. The molecule has 0 aliphatic rings. The van der Waals surface area contributed by atoms with Crippen LogP contribution >= 0.6 is 15.9 Å². The molecule has 2 N–H and O–H groups in total. The number of hydrogen-bond acceptors (Lipinski definition) is 7. The summed E-state index contributed by atoms with van der Waals surface area (Å²) < 4.78 is 11.6. The van der Waals surface area contributed by atoms with Crippen LogP contribution in [-0.2, 0) is 46.2 Å². The minimum atomic E-state index is -0.243. The number of carbonyl (C=O) groups excluding carboxylic acids is 1. The standard InChI is InChI=1S/C27H32O2.C21H24O2.C3H5Br.CH2O3.2K.H/c1-7-11-21-19-23(13-15-25(21)28-17-9-3)27(5,6)24-14-16-26(29-18-10-4)22(20-24)12-8-2;1-5-7-15-13-17(9-11-19(15)22)21(3,4)18-10-12-20(23)16(14-18)8-6-2;1-2-3-4;2-1-4-3;;;/h7-10,13-16,19-20H,1-4,11-12,17-18H2,5-6H3;5-6,9-14,22-23H,1-2,7-8H2,3-4H3;2H,1,3H2;1,3H;;;/q;;;;2*+1;-1/p-1. The second kappa shape index (κ2) is 33.9. The molecule has 0 bridgehead atoms. The van der Waals surface area contributed by atoms with Crippen LogP contribution in [-0.4, -0.2) is 35.2 Å². The molecule has 0 saturated carbocycles. The van der Waals surface area contributed by atoms with Gasteiger partial charge in [-0.05, 0) is 94.5 Å². The fraction of sp³-hybridized carbons (Fsp3) is 0.250. The van der Waals surface area contributed by atoms with E-state index in [9.17, 15) is 10.2 Å². The number of alkyl halides is 1. The van der Waals surface area contributed by atoms with Crippen molar-refractivity contribution in [2.24, 2.45) is 0 Å². The summed E-state index contributed by atoms with van der Waals surface area (Å²) in [4.78, 5) is 11.2. The molecule has 0 heterocycles. The summed E-state index contributed by atoms with van der Waals surface area (Å²) in [5.41, 5.74) is 8.26. The van der Waals surface area contributed by atoms with Crippen molar-refractivity contribution in [1.82, 2.24) is 0 Å². The van der Waals surface area contributed by atoms with E-state index in [1.165, 1.54) is 11.1 Å². The molecule has 0 spiro atoms. The largest absolute Gasteiger partial charge is 1.00 e. The minimum Gasteiger partial charge on any atom is -1.00 e. The summed E-state index contributed by atoms with van der Waals surface area (Å²) in [7, 11) is 0. The van der Waals surface area contributed by atoms with Gasteiger partial charge in [0, 0.05) is 16.2 Å². The van der Waals surface area contributed by atoms with Crippen molar-refractivity contribution in [3.05, 3.63) is 206 Å². The van der Waals surface area contributed by atoms with E-state index in [0.29, 0.717) is 37.6 Å². The number of benzene rings is 4. The number of carbonyl (C=O) groups is 1. The van der Waals surface area contributed by atoms with E-state index in [2.05, 4.69) is 119 Å². The van der Waals surface area contributed by atoms with Crippen LogP contribution in [0.4, 0.5) is 0 Å². The van der Waals surface area contributed by atoms with Gasteiger partial charge in [-0.1, -0.05) is 148 Å². The van der Waals surface area contributed by atoms with E-state index in [1.807, 2.05) is 48.6 Å². The van der Waals surface area contributed by atoms with Crippen molar-refractivity contribution in [1.29, 1.82) is 0 Å². The van der Waals surface area contributed by atoms with E-state index >= 15 is 0 Å². The van der Waals surface area contributed by atoms with E-state index in [0.717, 1.165) is 63.1 Å². The number of hydrogen-bond donors (Lipinski definition) is 2. The van der Waals surface area contributed by atoms with Gasteiger partial charge in [0.2, 0.25) is 0 Å². The maximum absolute atomic E-state index is 9.96. The zero-order valence-electron chi connectivity index (χ0n) is 38.8. The number of phenolic OH excluding ortho intramolecular Hbond substituents is 2. The van der Waals surface area contributed by atoms with Gasteiger partial charge in [-0.2, -0.15) is 0 Å². The van der Waals surface area contributed by atoms with Gasteiger partial charge in [0.05, 0.1) is 0 Å². The van der Waals surface area contributed by atoms with Gasteiger partial charge in [0.15, 0.2) is 0 Å². The van der Waals surface area contributed by atoms with Crippen LogP contribution in [0.1, 0.15) is 73.6 Å². The SMILES string of the molecule is C=CCBr.C=CCOc1ccc(C(C)(C)c2ccc(OCC=C)c(CC=C)c2)cc1CC=C.C=CCc1cc(C(C)(C)c2ccc(O)c(CC=C)c2)ccc1O.O=CO[O-].[H-].[K+].[K+]. The molecule has 62 heavy (non-hydrogen) atoms. The average Bonchev–Trinajstić information content (AvgIpc) is 3.24. The number of aromatic hydroxyl groups is 2. The van der Waals surface area contributed by atoms with Gasteiger partial charge in [0.25, 0.3) is 6.47 Å².